The highest BCUT2D eigenvalue weighted by molar-refractivity contribution is 7.91. The molecule has 8 nitrogen and oxygen atoms in total. The van der Waals surface area contributed by atoms with E-state index in [0.29, 0.717) is 5.75 Å². The van der Waals surface area contributed by atoms with E-state index in [2.05, 4.69) is 0 Å². The molecular formula is C20H13Cl2NO7S. The molecule has 3 rings (SSSR count). The Morgan fingerprint density at radius 3 is 1.87 bits per heavy atom. The molecule has 0 saturated carbocycles. The molecule has 0 aromatic heterocycles. The number of halogens is 2. The summed E-state index contributed by atoms with van der Waals surface area (Å²) < 4.78 is 35.9. The molecule has 0 saturated heterocycles. The Morgan fingerprint density at radius 1 is 0.903 bits per heavy atom. The van der Waals surface area contributed by atoms with E-state index in [1.54, 1.807) is 0 Å². The van der Waals surface area contributed by atoms with Gasteiger partial charge in [0.2, 0.25) is 9.84 Å². The predicted molar refractivity (Wildman–Crippen MR) is 113 cm³/mol. The van der Waals surface area contributed by atoms with Crippen LogP contribution in [0.5, 0.6) is 11.5 Å². The van der Waals surface area contributed by atoms with Crippen molar-refractivity contribution in [1.29, 1.82) is 0 Å². The molecule has 0 aliphatic heterocycles. The van der Waals surface area contributed by atoms with Gasteiger partial charge in [-0.3, -0.25) is 10.1 Å². The van der Waals surface area contributed by atoms with Gasteiger partial charge in [0.15, 0.2) is 0 Å². The Bertz CT molecular complexity index is 1280. The van der Waals surface area contributed by atoms with Crippen LogP contribution in [0, 0.1) is 10.1 Å². The first kappa shape index (κ1) is 22.5. The van der Waals surface area contributed by atoms with Crippen molar-refractivity contribution < 1.29 is 27.6 Å². The second-order valence-electron chi connectivity index (χ2n) is 6.09. The topological polar surface area (TPSA) is 113 Å². The summed E-state index contributed by atoms with van der Waals surface area (Å²) in [6.07, 6.45) is 0. The van der Waals surface area contributed by atoms with Crippen molar-refractivity contribution in [2.75, 3.05) is 7.11 Å². The number of carbonyl (C=O) groups excluding carboxylic acids is 1. The largest absolute Gasteiger partial charge is 0.495 e. The van der Waals surface area contributed by atoms with E-state index in [4.69, 9.17) is 32.7 Å². The van der Waals surface area contributed by atoms with Gasteiger partial charge in [-0.05, 0) is 48.5 Å². The second kappa shape index (κ2) is 8.93. The van der Waals surface area contributed by atoms with Gasteiger partial charge in [-0.15, -0.1) is 0 Å². The van der Waals surface area contributed by atoms with Gasteiger partial charge >= 0.3 is 5.97 Å². The van der Waals surface area contributed by atoms with Gasteiger partial charge in [0, 0.05) is 12.1 Å². The lowest BCUT2D eigenvalue weighted by Crippen LogP contribution is -2.09. The molecule has 31 heavy (non-hydrogen) atoms. The smallest absolute Gasteiger partial charge is 0.343 e. The minimum Gasteiger partial charge on any atom is -0.495 e. The van der Waals surface area contributed by atoms with E-state index < -0.39 is 20.7 Å². The maximum absolute atomic E-state index is 12.9. The lowest BCUT2D eigenvalue weighted by atomic mass is 10.2. The van der Waals surface area contributed by atoms with Crippen molar-refractivity contribution in [3.63, 3.8) is 0 Å². The zero-order valence-electron chi connectivity index (χ0n) is 15.7. The number of esters is 1. The Labute approximate surface area is 187 Å². The Hall–Kier alpha value is -3.14. The SMILES string of the molecule is COc1ccc(S(=O)(=O)c2ccc(OC(=O)c3ccc([N+](=O)[O-])cc3)c(Cl)c2)cc1Cl. The number of nitro benzene ring substituents is 1. The van der Waals surface area contributed by atoms with Crippen molar-refractivity contribution in [2.45, 2.75) is 9.79 Å². The summed E-state index contributed by atoms with van der Waals surface area (Å²) in [6.45, 7) is 0. The summed E-state index contributed by atoms with van der Waals surface area (Å²) in [7, 11) is -2.54. The monoisotopic (exact) mass is 481 g/mol. The summed E-state index contributed by atoms with van der Waals surface area (Å²) in [5.74, 6) is -0.557. The maximum atomic E-state index is 12.9. The van der Waals surface area contributed by atoms with E-state index in [9.17, 15) is 23.3 Å². The normalized spacial score (nSPS) is 11.1. The molecule has 0 amide bonds. The number of carbonyl (C=O) groups is 1. The standard InChI is InChI=1S/C20H13Cl2NO7S/c1-29-18-8-6-14(10-16(18)21)31(27,28)15-7-9-19(17(22)11-15)30-20(24)12-2-4-13(5-3-12)23(25)26/h2-11H,1H3. The number of methoxy groups -OCH3 is 1. The predicted octanol–water partition coefficient (Wildman–Crippen LogP) is 4.96. The van der Waals surface area contributed by atoms with Crippen molar-refractivity contribution in [3.05, 3.63) is 86.4 Å². The first-order valence-corrected chi connectivity index (χ1v) is 10.7. The zero-order chi connectivity index (χ0) is 22.8. The summed E-state index contributed by atoms with van der Waals surface area (Å²) in [6, 6.07) is 12.4. The number of benzene rings is 3. The number of rotatable bonds is 6. The van der Waals surface area contributed by atoms with Crippen LogP contribution >= 0.6 is 23.2 Å². The van der Waals surface area contributed by atoms with Gasteiger partial charge in [0.25, 0.3) is 5.69 Å². The van der Waals surface area contributed by atoms with Crippen LogP contribution < -0.4 is 9.47 Å². The minimum absolute atomic E-state index is 0.0613. The molecule has 0 bridgehead atoms. The van der Waals surface area contributed by atoms with Crippen LogP contribution in [-0.2, 0) is 9.84 Å². The fourth-order valence-corrected chi connectivity index (χ4v) is 4.48. The first-order chi connectivity index (χ1) is 14.6. The first-order valence-electron chi connectivity index (χ1n) is 8.48. The van der Waals surface area contributed by atoms with Crippen LogP contribution in [0.1, 0.15) is 10.4 Å². The Kier molecular flexibility index (Phi) is 6.49. The average molecular weight is 482 g/mol. The van der Waals surface area contributed by atoms with Crippen LogP contribution in [0.3, 0.4) is 0 Å². The molecule has 0 heterocycles. The molecule has 0 unspecified atom stereocenters. The van der Waals surface area contributed by atoms with Gasteiger partial charge in [-0.1, -0.05) is 23.2 Å². The summed E-state index contributed by atoms with van der Waals surface area (Å²) in [4.78, 5) is 22.2. The third-order valence-electron chi connectivity index (χ3n) is 4.16. The van der Waals surface area contributed by atoms with Crippen molar-refractivity contribution in [1.82, 2.24) is 0 Å². The van der Waals surface area contributed by atoms with E-state index in [1.807, 2.05) is 0 Å². The van der Waals surface area contributed by atoms with Crippen LogP contribution in [-0.4, -0.2) is 26.4 Å². The van der Waals surface area contributed by atoms with Gasteiger partial charge in [-0.25, -0.2) is 13.2 Å². The molecular weight excluding hydrogens is 469 g/mol. The summed E-state index contributed by atoms with van der Waals surface area (Å²) >= 11 is 12.1. The number of ether oxygens (including phenoxy) is 2. The molecule has 3 aromatic carbocycles. The summed E-state index contributed by atoms with van der Waals surface area (Å²) in [5, 5.41) is 10.7. The highest BCUT2D eigenvalue weighted by atomic mass is 35.5. The molecule has 11 heteroatoms. The molecule has 0 fully saturated rings. The minimum atomic E-state index is -3.95. The molecule has 160 valence electrons. The number of nitrogens with zero attached hydrogens (tertiary/aromatic N) is 1. The van der Waals surface area contributed by atoms with Gasteiger partial charge in [0.05, 0.1) is 37.4 Å². The van der Waals surface area contributed by atoms with E-state index >= 15 is 0 Å². The molecule has 0 spiro atoms. The number of sulfone groups is 1. The molecule has 0 aliphatic carbocycles. The molecule has 0 aliphatic rings. The van der Waals surface area contributed by atoms with E-state index in [1.165, 1.54) is 49.6 Å². The molecule has 0 radical (unpaired) electrons. The molecule has 0 atom stereocenters. The van der Waals surface area contributed by atoms with Gasteiger partial charge in [0.1, 0.15) is 11.5 Å². The third-order valence-corrected chi connectivity index (χ3v) is 6.50. The second-order valence-corrected chi connectivity index (χ2v) is 8.85. The number of hydrogen-bond donors (Lipinski definition) is 0. The number of nitro groups is 1. The third kappa shape index (κ3) is 4.79. The lowest BCUT2D eigenvalue weighted by Gasteiger charge is -2.10. The lowest BCUT2D eigenvalue weighted by molar-refractivity contribution is -0.384. The van der Waals surface area contributed by atoms with E-state index in [-0.39, 0.29) is 36.8 Å². The quantitative estimate of drug-likeness (QED) is 0.211. The fourth-order valence-electron chi connectivity index (χ4n) is 2.56. The van der Waals surface area contributed by atoms with Crippen LogP contribution in [0.15, 0.2) is 70.5 Å². The van der Waals surface area contributed by atoms with Crippen LogP contribution in [0.25, 0.3) is 0 Å². The summed E-state index contributed by atoms with van der Waals surface area (Å²) in [5.41, 5.74) is -0.117. The van der Waals surface area contributed by atoms with Crippen molar-refractivity contribution in [3.8, 4) is 11.5 Å². The average Bonchev–Trinajstić information content (AvgIpc) is 2.75. The van der Waals surface area contributed by atoms with Crippen molar-refractivity contribution in [2.24, 2.45) is 0 Å². The Morgan fingerprint density at radius 2 is 1.42 bits per heavy atom. The van der Waals surface area contributed by atoms with E-state index in [0.717, 1.165) is 18.2 Å². The van der Waals surface area contributed by atoms with Crippen LogP contribution in [0.2, 0.25) is 10.0 Å². The Balaban J connectivity index is 1.84. The number of non-ortho nitro benzene ring substituents is 1. The highest BCUT2D eigenvalue weighted by Gasteiger charge is 2.21. The maximum Gasteiger partial charge on any atom is 0.343 e. The highest BCUT2D eigenvalue weighted by Crippen LogP contribution is 2.33. The van der Waals surface area contributed by atoms with Gasteiger partial charge in [-0.2, -0.15) is 0 Å². The number of hydrogen-bond acceptors (Lipinski definition) is 7. The van der Waals surface area contributed by atoms with Crippen molar-refractivity contribution >= 4 is 44.7 Å². The molecule has 0 N–H and O–H groups in total. The van der Waals surface area contributed by atoms with Gasteiger partial charge < -0.3 is 9.47 Å². The van der Waals surface area contributed by atoms with Crippen LogP contribution in [0.4, 0.5) is 5.69 Å². The molecule has 3 aromatic rings. The zero-order valence-corrected chi connectivity index (χ0v) is 18.1. The fraction of sp³-hybridized carbons (Fsp3) is 0.0500.